The summed E-state index contributed by atoms with van der Waals surface area (Å²) < 4.78 is 5.79. The third-order valence-corrected chi connectivity index (χ3v) is 6.76. The fraction of sp³-hybridized carbons (Fsp3) is 0.944. The Balaban J connectivity index is 2.09. The molecule has 0 aliphatic carbocycles. The summed E-state index contributed by atoms with van der Waals surface area (Å²) in [7, 11) is 1.94. The largest absolute Gasteiger partial charge is 0.388 e. The number of aliphatic hydroxyl groups is 3. The van der Waals surface area contributed by atoms with Crippen LogP contribution in [0.4, 0.5) is 0 Å². The van der Waals surface area contributed by atoms with Crippen molar-refractivity contribution in [1.29, 1.82) is 0 Å². The summed E-state index contributed by atoms with van der Waals surface area (Å²) in [5.74, 6) is 0.350. The zero-order chi connectivity index (χ0) is 20.3. The topological polar surface area (TPSA) is 102 Å². The summed E-state index contributed by atoms with van der Waals surface area (Å²) in [5, 5.41) is 33.0. The number of alkyl halides is 1. The fourth-order valence-corrected chi connectivity index (χ4v) is 5.00. The van der Waals surface area contributed by atoms with E-state index in [4.69, 9.17) is 16.3 Å². The van der Waals surface area contributed by atoms with Crippen LogP contribution < -0.4 is 5.32 Å². The molecule has 0 radical (unpaired) electrons. The molecule has 0 aromatic carbocycles. The maximum atomic E-state index is 12.9. The molecule has 9 atom stereocenters. The van der Waals surface area contributed by atoms with Gasteiger partial charge in [-0.25, -0.2) is 0 Å². The van der Waals surface area contributed by atoms with Crippen molar-refractivity contribution in [2.75, 3.05) is 19.8 Å². The van der Waals surface area contributed by atoms with Crippen LogP contribution in [-0.2, 0) is 9.53 Å². The smallest absolute Gasteiger partial charge is 0.237 e. The van der Waals surface area contributed by atoms with Crippen LogP contribution in [0.3, 0.4) is 0 Å². The quantitative estimate of drug-likeness (QED) is 0.438. The average molecular weight is 425 g/mol. The molecule has 0 saturated carbocycles. The van der Waals surface area contributed by atoms with Crippen molar-refractivity contribution in [1.82, 2.24) is 10.2 Å². The molecule has 7 nitrogen and oxygen atoms in total. The molecule has 27 heavy (non-hydrogen) atoms. The third kappa shape index (κ3) is 5.29. The number of rotatable bonds is 7. The molecule has 158 valence electrons. The van der Waals surface area contributed by atoms with Gasteiger partial charge in [-0.3, -0.25) is 9.69 Å². The molecule has 0 spiro atoms. The van der Waals surface area contributed by atoms with E-state index in [9.17, 15) is 20.1 Å². The SMILES string of the molecule is CCC[C@@H]1C[C@@H](C(=O)N[C@@H]([C@@H]2O[C@H](SC)[C@@H](O)[C@@H](O)[C@H]2O)[C@@H](C)Cl)N(C)C1. The van der Waals surface area contributed by atoms with Crippen molar-refractivity contribution in [2.24, 2.45) is 5.92 Å². The first kappa shape index (κ1) is 23.2. The number of likely N-dealkylation sites (N-methyl/N-ethyl adjacent to an activating group) is 1. The molecule has 0 aromatic heterocycles. The van der Waals surface area contributed by atoms with Crippen molar-refractivity contribution in [3.63, 3.8) is 0 Å². The van der Waals surface area contributed by atoms with E-state index >= 15 is 0 Å². The van der Waals surface area contributed by atoms with E-state index in [1.54, 1.807) is 13.2 Å². The van der Waals surface area contributed by atoms with Gasteiger partial charge in [-0.2, -0.15) is 0 Å². The summed E-state index contributed by atoms with van der Waals surface area (Å²) in [6, 6.07) is -0.934. The highest BCUT2D eigenvalue weighted by Crippen LogP contribution is 2.31. The van der Waals surface area contributed by atoms with Gasteiger partial charge in [0.25, 0.3) is 0 Å². The van der Waals surface area contributed by atoms with E-state index in [0.717, 1.165) is 25.8 Å². The molecule has 0 unspecified atom stereocenters. The number of ether oxygens (including phenoxy) is 1. The normalized spacial score (nSPS) is 39.9. The molecule has 0 aromatic rings. The van der Waals surface area contributed by atoms with E-state index in [2.05, 4.69) is 12.2 Å². The highest BCUT2D eigenvalue weighted by atomic mass is 35.5. The first-order chi connectivity index (χ1) is 12.7. The number of hydrogen-bond donors (Lipinski definition) is 4. The molecule has 2 rings (SSSR count). The minimum absolute atomic E-state index is 0.147. The van der Waals surface area contributed by atoms with Crippen molar-refractivity contribution in [3.05, 3.63) is 0 Å². The maximum absolute atomic E-state index is 12.9. The number of amides is 1. The Bertz CT molecular complexity index is 498. The second kappa shape index (κ2) is 10.1. The number of thioether (sulfide) groups is 1. The Labute approximate surface area is 170 Å². The Morgan fingerprint density at radius 3 is 2.56 bits per heavy atom. The highest BCUT2D eigenvalue weighted by Gasteiger charge is 2.48. The van der Waals surface area contributed by atoms with Crippen LogP contribution in [0.25, 0.3) is 0 Å². The van der Waals surface area contributed by atoms with Gasteiger partial charge in [0.2, 0.25) is 5.91 Å². The van der Waals surface area contributed by atoms with Crippen molar-refractivity contribution in [2.45, 2.75) is 80.4 Å². The van der Waals surface area contributed by atoms with E-state index in [0.29, 0.717) is 5.92 Å². The van der Waals surface area contributed by atoms with E-state index < -0.39 is 41.3 Å². The van der Waals surface area contributed by atoms with Crippen LogP contribution in [-0.4, -0.2) is 93.3 Å². The summed E-state index contributed by atoms with van der Waals surface area (Å²) in [5.41, 5.74) is -0.702. The van der Waals surface area contributed by atoms with Gasteiger partial charge in [0.1, 0.15) is 29.9 Å². The molecule has 2 heterocycles. The van der Waals surface area contributed by atoms with Crippen LogP contribution in [0.5, 0.6) is 0 Å². The predicted molar refractivity (Wildman–Crippen MR) is 107 cm³/mol. The zero-order valence-corrected chi connectivity index (χ0v) is 18.0. The number of likely N-dealkylation sites (tertiary alicyclic amines) is 1. The molecule has 2 aliphatic heterocycles. The molecule has 0 bridgehead atoms. The molecule has 1 amide bonds. The van der Waals surface area contributed by atoms with Gasteiger partial charge in [-0.15, -0.1) is 23.4 Å². The van der Waals surface area contributed by atoms with Gasteiger partial charge < -0.3 is 25.4 Å². The van der Waals surface area contributed by atoms with Crippen molar-refractivity contribution in [3.8, 4) is 0 Å². The van der Waals surface area contributed by atoms with Gasteiger partial charge >= 0.3 is 0 Å². The van der Waals surface area contributed by atoms with Crippen LogP contribution in [0, 0.1) is 5.92 Å². The third-order valence-electron chi connectivity index (χ3n) is 5.63. The van der Waals surface area contributed by atoms with Gasteiger partial charge in [-0.05, 0) is 39.0 Å². The van der Waals surface area contributed by atoms with Gasteiger partial charge in [0, 0.05) is 6.54 Å². The van der Waals surface area contributed by atoms with Crippen molar-refractivity contribution >= 4 is 29.3 Å². The lowest BCUT2D eigenvalue weighted by Crippen LogP contribution is -2.65. The molecular formula is C18H33ClN2O5S. The first-order valence-corrected chi connectivity index (χ1v) is 11.3. The number of carbonyl (C=O) groups excluding carboxylic acids is 1. The zero-order valence-electron chi connectivity index (χ0n) is 16.4. The van der Waals surface area contributed by atoms with Gasteiger partial charge in [0.15, 0.2) is 0 Å². The van der Waals surface area contributed by atoms with Crippen LogP contribution >= 0.6 is 23.4 Å². The van der Waals surface area contributed by atoms with E-state index in [1.165, 1.54) is 11.8 Å². The predicted octanol–water partition coefficient (Wildman–Crippen LogP) is 0.390. The summed E-state index contributed by atoms with van der Waals surface area (Å²) in [6.45, 7) is 4.74. The summed E-state index contributed by atoms with van der Waals surface area (Å²) in [6.07, 6.45) is -0.0980. The number of halogens is 1. The average Bonchev–Trinajstić information content (AvgIpc) is 2.99. The fourth-order valence-electron chi connectivity index (χ4n) is 4.11. The molecular weight excluding hydrogens is 392 g/mol. The summed E-state index contributed by atoms with van der Waals surface area (Å²) in [4.78, 5) is 14.9. The molecule has 2 saturated heterocycles. The molecule has 2 fully saturated rings. The monoisotopic (exact) mass is 424 g/mol. The molecule has 4 N–H and O–H groups in total. The Kier molecular flexibility index (Phi) is 8.67. The van der Waals surface area contributed by atoms with E-state index in [1.807, 2.05) is 11.9 Å². The standard InChI is InChI=1S/C18H33ClN2O5S/c1-5-6-10-7-11(21(3)8-10)17(25)20-12(9(2)19)16-14(23)13(22)15(24)18(26-16)27-4/h9-16,18,22-24H,5-8H2,1-4H3,(H,20,25)/t9-,10-,11+,12-,13+,14-,15+,16+,18-/m1/s1. The lowest BCUT2D eigenvalue weighted by Gasteiger charge is -2.44. The van der Waals surface area contributed by atoms with Crippen LogP contribution in [0.15, 0.2) is 0 Å². The molecule has 2 aliphatic rings. The number of aliphatic hydroxyl groups excluding tert-OH is 3. The first-order valence-electron chi connectivity index (χ1n) is 9.58. The van der Waals surface area contributed by atoms with Gasteiger partial charge in [0.05, 0.1) is 17.5 Å². The van der Waals surface area contributed by atoms with Crippen LogP contribution in [0.1, 0.15) is 33.1 Å². The minimum atomic E-state index is -1.36. The Morgan fingerprint density at radius 2 is 2.00 bits per heavy atom. The lowest BCUT2D eigenvalue weighted by molar-refractivity contribution is -0.205. The number of hydrogen-bond acceptors (Lipinski definition) is 7. The maximum Gasteiger partial charge on any atom is 0.237 e. The van der Waals surface area contributed by atoms with Crippen molar-refractivity contribution < 1.29 is 24.9 Å². The Hall–Kier alpha value is -0.0900. The second-order valence-corrected chi connectivity index (χ2v) is 9.36. The Morgan fingerprint density at radius 1 is 1.33 bits per heavy atom. The van der Waals surface area contributed by atoms with Gasteiger partial charge in [-0.1, -0.05) is 13.3 Å². The summed E-state index contributed by atoms with van der Waals surface area (Å²) >= 11 is 7.55. The lowest BCUT2D eigenvalue weighted by atomic mass is 9.92. The number of nitrogens with one attached hydrogen (secondary N) is 1. The highest BCUT2D eigenvalue weighted by molar-refractivity contribution is 7.99. The molecule has 9 heteroatoms. The minimum Gasteiger partial charge on any atom is -0.388 e. The number of nitrogens with zero attached hydrogens (tertiary/aromatic N) is 1. The van der Waals surface area contributed by atoms with Crippen LogP contribution in [0.2, 0.25) is 0 Å². The van der Waals surface area contributed by atoms with E-state index in [-0.39, 0.29) is 11.9 Å². The number of carbonyl (C=O) groups is 1. The second-order valence-electron chi connectivity index (χ2n) is 7.73.